The van der Waals surface area contributed by atoms with E-state index in [1.165, 1.54) is 0 Å². The fourth-order valence-corrected chi connectivity index (χ4v) is 4.19. The second-order valence-electron chi connectivity index (χ2n) is 12.0. The number of para-hydroxylation sites is 1. The number of carbonyl (C=O) groups excluding carboxylic acids is 6. The average Bonchev–Trinajstić information content (AvgIpc) is 3.28. The van der Waals surface area contributed by atoms with Crippen molar-refractivity contribution in [1.29, 1.82) is 0 Å². The van der Waals surface area contributed by atoms with Crippen molar-refractivity contribution in [3.63, 3.8) is 0 Å². The summed E-state index contributed by atoms with van der Waals surface area (Å²) in [5, 5.41) is 8.23. The minimum atomic E-state index is -1.44. The minimum Gasteiger partial charge on any atom is -0.444 e. The van der Waals surface area contributed by atoms with Crippen LogP contribution >= 0.6 is 0 Å². The first-order valence-corrected chi connectivity index (χ1v) is 14.3. The molecule has 0 aliphatic rings. The van der Waals surface area contributed by atoms with Crippen LogP contribution in [-0.2, 0) is 39.8 Å². The minimum absolute atomic E-state index is 0.0591. The van der Waals surface area contributed by atoms with Crippen molar-refractivity contribution < 1.29 is 43.0 Å². The van der Waals surface area contributed by atoms with E-state index in [1.54, 1.807) is 40.8 Å². The Balaban J connectivity index is 2.31. The molecule has 14 heteroatoms. The lowest BCUT2D eigenvalue weighted by Gasteiger charge is -2.26. The van der Waals surface area contributed by atoms with Gasteiger partial charge in [0.05, 0.1) is 12.5 Å². The molecule has 0 saturated carbocycles. The van der Waals surface area contributed by atoms with E-state index in [9.17, 15) is 28.8 Å². The number of nitrogens with two attached hydrogens (primary N) is 1. The summed E-state index contributed by atoms with van der Waals surface area (Å²) in [6.45, 7) is 11.7. The maximum absolute atomic E-state index is 13.6. The number of ether oxygens (including phenoxy) is 3. The highest BCUT2D eigenvalue weighted by molar-refractivity contribution is 5.96. The number of primary amides is 1. The maximum Gasteiger partial charge on any atom is 0.516 e. The summed E-state index contributed by atoms with van der Waals surface area (Å²) < 4.78 is 15.0. The quantitative estimate of drug-likeness (QED) is 0.165. The Morgan fingerprint density at radius 1 is 0.886 bits per heavy atom. The van der Waals surface area contributed by atoms with Gasteiger partial charge in [0.1, 0.15) is 23.7 Å². The summed E-state index contributed by atoms with van der Waals surface area (Å²) >= 11 is 0. The molecule has 0 radical (unpaired) electrons. The van der Waals surface area contributed by atoms with Gasteiger partial charge in [0, 0.05) is 23.5 Å². The van der Waals surface area contributed by atoms with Gasteiger partial charge in [-0.3, -0.25) is 14.4 Å². The van der Waals surface area contributed by atoms with Crippen LogP contribution in [0.25, 0.3) is 10.9 Å². The molecule has 0 spiro atoms. The molecule has 1 aromatic carbocycles. The average molecular weight is 618 g/mol. The summed E-state index contributed by atoms with van der Waals surface area (Å²) in [7, 11) is 0. The number of aromatic amines is 1. The predicted molar refractivity (Wildman–Crippen MR) is 160 cm³/mol. The van der Waals surface area contributed by atoms with Crippen LogP contribution in [0.1, 0.15) is 66.9 Å². The Bertz CT molecular complexity index is 1350. The number of amides is 4. The highest BCUT2D eigenvalue weighted by Gasteiger charge is 2.33. The number of nitrogens with one attached hydrogen (secondary N) is 4. The second-order valence-corrected chi connectivity index (χ2v) is 12.0. The van der Waals surface area contributed by atoms with Gasteiger partial charge < -0.3 is 40.9 Å². The van der Waals surface area contributed by atoms with E-state index in [0.717, 1.165) is 10.9 Å². The molecule has 242 valence electrons. The number of benzene rings is 1. The first kappa shape index (κ1) is 35.6. The maximum atomic E-state index is 13.6. The number of H-pyrrole nitrogens is 1. The largest absolute Gasteiger partial charge is 0.516 e. The molecular weight excluding hydrogens is 574 g/mol. The van der Waals surface area contributed by atoms with Crippen LogP contribution in [0.15, 0.2) is 30.5 Å². The van der Waals surface area contributed by atoms with Crippen LogP contribution < -0.4 is 21.7 Å². The van der Waals surface area contributed by atoms with E-state index >= 15 is 0 Å². The lowest BCUT2D eigenvalue weighted by molar-refractivity contribution is -0.145. The van der Waals surface area contributed by atoms with Crippen LogP contribution in [0.5, 0.6) is 0 Å². The van der Waals surface area contributed by atoms with Crippen LogP contribution in [0.3, 0.4) is 0 Å². The molecular formula is C30H43N5O9. The highest BCUT2D eigenvalue weighted by atomic mass is 16.7. The van der Waals surface area contributed by atoms with Crippen molar-refractivity contribution in [3.8, 4) is 0 Å². The van der Waals surface area contributed by atoms with Gasteiger partial charge in [-0.2, -0.15) is 0 Å². The fourth-order valence-electron chi connectivity index (χ4n) is 4.19. The third-order valence-corrected chi connectivity index (χ3v) is 5.97. The molecule has 0 aliphatic heterocycles. The number of fused-ring (bicyclic) bond motifs is 1. The highest BCUT2D eigenvalue weighted by Crippen LogP contribution is 2.20. The molecule has 14 nitrogen and oxygen atoms in total. The molecule has 0 aliphatic carbocycles. The third-order valence-electron chi connectivity index (χ3n) is 5.97. The summed E-state index contributed by atoms with van der Waals surface area (Å²) in [6, 6.07) is 3.31. The van der Waals surface area contributed by atoms with E-state index < -0.39 is 72.2 Å². The molecule has 44 heavy (non-hydrogen) atoms. The van der Waals surface area contributed by atoms with Gasteiger partial charge in [-0.25, -0.2) is 14.4 Å². The van der Waals surface area contributed by atoms with Gasteiger partial charge in [0.2, 0.25) is 17.7 Å². The van der Waals surface area contributed by atoms with Gasteiger partial charge in [-0.15, -0.1) is 0 Å². The van der Waals surface area contributed by atoms with Crippen LogP contribution in [-0.4, -0.2) is 70.8 Å². The van der Waals surface area contributed by atoms with Crippen molar-refractivity contribution in [3.05, 3.63) is 36.0 Å². The number of esters is 1. The molecule has 0 saturated heterocycles. The monoisotopic (exact) mass is 617 g/mol. The third kappa shape index (κ3) is 11.9. The number of alkyl carbamates (subject to hydrolysis) is 1. The lowest BCUT2D eigenvalue weighted by atomic mass is 10.0. The first-order valence-electron chi connectivity index (χ1n) is 14.3. The smallest absolute Gasteiger partial charge is 0.444 e. The second kappa shape index (κ2) is 15.7. The van der Waals surface area contributed by atoms with Gasteiger partial charge in [0.15, 0.2) is 0 Å². The van der Waals surface area contributed by atoms with Gasteiger partial charge in [-0.05, 0) is 58.6 Å². The molecule has 1 heterocycles. The zero-order chi connectivity index (χ0) is 33.2. The Morgan fingerprint density at radius 3 is 2.09 bits per heavy atom. The topological polar surface area (TPSA) is 208 Å². The van der Waals surface area contributed by atoms with E-state index in [-0.39, 0.29) is 18.8 Å². The predicted octanol–water partition coefficient (Wildman–Crippen LogP) is 2.58. The van der Waals surface area contributed by atoms with E-state index in [1.807, 2.05) is 38.1 Å². The molecule has 0 unspecified atom stereocenters. The zero-order valence-corrected chi connectivity index (χ0v) is 26.1. The van der Waals surface area contributed by atoms with Crippen LogP contribution in [0.4, 0.5) is 9.59 Å². The summed E-state index contributed by atoms with van der Waals surface area (Å²) in [4.78, 5) is 79.1. The van der Waals surface area contributed by atoms with Gasteiger partial charge in [0.25, 0.3) is 0 Å². The number of aromatic nitrogens is 1. The summed E-state index contributed by atoms with van der Waals surface area (Å²) in [5.74, 6) is -3.68. The summed E-state index contributed by atoms with van der Waals surface area (Å²) in [5.41, 5.74) is 5.87. The molecule has 2 aromatic rings. The van der Waals surface area contributed by atoms with Crippen molar-refractivity contribution in [1.82, 2.24) is 20.9 Å². The number of rotatable bonds is 13. The lowest BCUT2D eigenvalue weighted by Crippen LogP contribution is -2.57. The van der Waals surface area contributed by atoms with Crippen molar-refractivity contribution >= 4 is 46.8 Å². The Morgan fingerprint density at radius 2 is 1.50 bits per heavy atom. The molecule has 4 amide bonds. The Hall–Kier alpha value is -4.62. The summed E-state index contributed by atoms with van der Waals surface area (Å²) in [6.07, 6.45) is -1.56. The molecule has 2 rings (SSSR count). The molecule has 6 N–H and O–H groups in total. The van der Waals surface area contributed by atoms with E-state index in [0.29, 0.717) is 5.56 Å². The van der Waals surface area contributed by atoms with Crippen molar-refractivity contribution in [2.75, 3.05) is 0 Å². The molecule has 0 fully saturated rings. The normalized spacial score (nSPS) is 13.5. The number of hydrogen-bond acceptors (Lipinski definition) is 9. The van der Waals surface area contributed by atoms with Crippen LogP contribution in [0, 0.1) is 5.92 Å². The molecule has 0 bridgehead atoms. The van der Waals surface area contributed by atoms with Crippen LogP contribution in [0.2, 0.25) is 0 Å². The Kier molecular flexibility index (Phi) is 12.7. The first-order chi connectivity index (χ1) is 20.4. The molecule has 1 aromatic heterocycles. The van der Waals surface area contributed by atoms with E-state index in [4.69, 9.17) is 19.9 Å². The Labute approximate surface area is 256 Å². The van der Waals surface area contributed by atoms with Gasteiger partial charge >= 0.3 is 18.2 Å². The number of hydrogen-bond donors (Lipinski definition) is 5. The van der Waals surface area contributed by atoms with Crippen molar-refractivity contribution in [2.45, 2.75) is 97.6 Å². The SMILES string of the molecule is CC(C)C[C@H](NC(=O)[C@H](CC(N)=O)NC(=O)OC(C)(C)C)C(=O)N[C@@H](Cc1c[nH]c2ccccc12)C(=O)OC(=O)OC(C)C. The van der Waals surface area contributed by atoms with Gasteiger partial charge in [-0.1, -0.05) is 32.0 Å². The zero-order valence-electron chi connectivity index (χ0n) is 26.1. The van der Waals surface area contributed by atoms with Crippen molar-refractivity contribution in [2.24, 2.45) is 11.7 Å². The van der Waals surface area contributed by atoms with E-state index in [2.05, 4.69) is 20.9 Å². The fraction of sp³-hybridized carbons (Fsp3) is 0.533. The standard InChI is InChI=1S/C30H43N5O9/c1-16(2)12-21(33-26(38)22(14-24(31)36)35-28(40)44-30(5,6)7)25(37)34-23(27(39)43-29(41)42-17(3)4)13-18-15-32-20-11-9-8-10-19(18)20/h8-11,15-17,21-23,32H,12-14H2,1-7H3,(H2,31,36)(H,33,38)(H,34,37)(H,35,40)/t21-,22-,23-/m0/s1. The number of carbonyl (C=O) groups is 6. The molecule has 3 atom stereocenters.